The number of benzene rings is 2. The minimum atomic E-state index is -3.79. The molecule has 0 bridgehead atoms. The van der Waals surface area contributed by atoms with Gasteiger partial charge in [-0.05, 0) is 56.4 Å². The average molecular weight is 522 g/mol. The number of halogens is 1. The first kappa shape index (κ1) is 28.7. The van der Waals surface area contributed by atoms with E-state index in [0.717, 1.165) is 28.1 Å². The Hall–Kier alpha value is -2.58. The van der Waals surface area contributed by atoms with Crippen molar-refractivity contribution in [2.75, 3.05) is 23.7 Å². The molecule has 0 unspecified atom stereocenters. The third-order valence-electron chi connectivity index (χ3n) is 5.99. The molecule has 2 aromatic carbocycles. The van der Waals surface area contributed by atoms with Crippen LogP contribution in [0.2, 0.25) is 5.02 Å². The lowest BCUT2D eigenvalue weighted by Gasteiger charge is -2.33. The normalized spacial score (nSPS) is 13.1. The molecule has 9 heteroatoms. The van der Waals surface area contributed by atoms with Gasteiger partial charge in [0.05, 0.1) is 11.9 Å². The molecule has 0 spiro atoms. The van der Waals surface area contributed by atoms with Crippen molar-refractivity contribution in [3.8, 4) is 0 Å². The van der Waals surface area contributed by atoms with E-state index in [0.29, 0.717) is 23.6 Å². The zero-order valence-corrected chi connectivity index (χ0v) is 22.7. The summed E-state index contributed by atoms with van der Waals surface area (Å²) in [5.41, 5.74) is 2.12. The van der Waals surface area contributed by atoms with Crippen LogP contribution in [0, 0.1) is 6.92 Å². The van der Waals surface area contributed by atoms with Gasteiger partial charge < -0.3 is 10.2 Å². The van der Waals surface area contributed by atoms with Gasteiger partial charge in [-0.15, -0.1) is 0 Å². The fourth-order valence-electron chi connectivity index (χ4n) is 3.69. The molecular weight excluding hydrogens is 486 g/mol. The molecule has 0 saturated heterocycles. The van der Waals surface area contributed by atoms with E-state index in [1.165, 1.54) is 11.0 Å². The smallest absolute Gasteiger partial charge is 0.244 e. The topological polar surface area (TPSA) is 86.8 Å². The SMILES string of the molecule is CC[C@@H](C)NC(=O)[C@H](CC)N(CCc1ccccc1)C(=O)CN(c1ccc(C)c(Cl)c1)S(C)(=O)=O. The number of hydrogen-bond donors (Lipinski definition) is 1. The van der Waals surface area contributed by atoms with Crippen molar-refractivity contribution in [2.24, 2.45) is 0 Å². The Bertz CT molecular complexity index is 1110. The number of carbonyl (C=O) groups excluding carboxylic acids is 2. The lowest BCUT2D eigenvalue weighted by Crippen LogP contribution is -2.54. The number of rotatable bonds is 12. The molecule has 7 nitrogen and oxygen atoms in total. The van der Waals surface area contributed by atoms with Gasteiger partial charge in [0.2, 0.25) is 21.8 Å². The second kappa shape index (κ2) is 12.9. The highest BCUT2D eigenvalue weighted by atomic mass is 35.5. The van der Waals surface area contributed by atoms with Gasteiger partial charge in [0, 0.05) is 17.6 Å². The molecule has 2 amide bonds. The van der Waals surface area contributed by atoms with Crippen LogP contribution in [0.5, 0.6) is 0 Å². The van der Waals surface area contributed by atoms with Gasteiger partial charge in [-0.2, -0.15) is 0 Å². The van der Waals surface area contributed by atoms with Crippen LogP contribution < -0.4 is 9.62 Å². The molecule has 1 N–H and O–H groups in total. The lowest BCUT2D eigenvalue weighted by molar-refractivity contribution is -0.139. The number of sulfonamides is 1. The van der Waals surface area contributed by atoms with E-state index in [1.54, 1.807) is 12.1 Å². The second-order valence-electron chi connectivity index (χ2n) is 8.77. The monoisotopic (exact) mass is 521 g/mol. The molecule has 2 rings (SSSR count). The van der Waals surface area contributed by atoms with Crippen LogP contribution in [-0.4, -0.2) is 56.6 Å². The molecule has 0 heterocycles. The van der Waals surface area contributed by atoms with Crippen molar-refractivity contribution in [3.63, 3.8) is 0 Å². The fourth-order valence-corrected chi connectivity index (χ4v) is 4.70. The molecule has 0 aliphatic carbocycles. The maximum Gasteiger partial charge on any atom is 0.244 e. The lowest BCUT2D eigenvalue weighted by atomic mass is 10.1. The number of carbonyl (C=O) groups is 2. The number of nitrogens with one attached hydrogen (secondary N) is 1. The average Bonchev–Trinajstić information content (AvgIpc) is 2.81. The van der Waals surface area contributed by atoms with E-state index in [9.17, 15) is 18.0 Å². The highest BCUT2D eigenvalue weighted by Gasteiger charge is 2.31. The Labute approximate surface area is 214 Å². The molecule has 0 saturated carbocycles. The van der Waals surface area contributed by atoms with E-state index >= 15 is 0 Å². The van der Waals surface area contributed by atoms with Gasteiger partial charge in [0.15, 0.2) is 0 Å². The van der Waals surface area contributed by atoms with E-state index in [2.05, 4.69) is 5.32 Å². The van der Waals surface area contributed by atoms with Gasteiger partial charge in [-0.1, -0.05) is 61.8 Å². The molecule has 0 fully saturated rings. The van der Waals surface area contributed by atoms with E-state index < -0.39 is 28.5 Å². The zero-order chi connectivity index (χ0) is 26.2. The summed E-state index contributed by atoms with van der Waals surface area (Å²) < 4.78 is 26.3. The Kier molecular flexibility index (Phi) is 10.6. The largest absolute Gasteiger partial charge is 0.352 e. The van der Waals surface area contributed by atoms with Crippen LogP contribution in [0.1, 0.15) is 44.7 Å². The number of hydrogen-bond acceptors (Lipinski definition) is 4. The summed E-state index contributed by atoms with van der Waals surface area (Å²) in [5, 5.41) is 3.37. The van der Waals surface area contributed by atoms with Gasteiger partial charge in [-0.25, -0.2) is 8.42 Å². The number of amides is 2. The predicted molar refractivity (Wildman–Crippen MR) is 142 cm³/mol. The minimum Gasteiger partial charge on any atom is -0.352 e. The minimum absolute atomic E-state index is 0.0372. The van der Waals surface area contributed by atoms with E-state index in [1.807, 2.05) is 58.0 Å². The van der Waals surface area contributed by atoms with Crippen molar-refractivity contribution >= 4 is 39.1 Å². The number of aryl methyl sites for hydroxylation is 1. The van der Waals surface area contributed by atoms with Crippen LogP contribution in [0.25, 0.3) is 0 Å². The van der Waals surface area contributed by atoms with Crippen LogP contribution in [0.3, 0.4) is 0 Å². The molecule has 2 aromatic rings. The van der Waals surface area contributed by atoms with Crippen molar-refractivity contribution in [3.05, 3.63) is 64.7 Å². The fraction of sp³-hybridized carbons (Fsp3) is 0.462. The Balaban J connectivity index is 2.38. The maximum absolute atomic E-state index is 13.6. The number of nitrogens with zero attached hydrogens (tertiary/aromatic N) is 2. The first-order valence-corrected chi connectivity index (χ1v) is 14.1. The molecular formula is C26H36ClN3O4S. The highest BCUT2D eigenvalue weighted by Crippen LogP contribution is 2.25. The standard InChI is InChI=1S/C26H36ClN3O4S/c1-6-20(4)28-26(32)24(7-2)29(16-15-21-11-9-8-10-12-21)25(31)18-30(35(5,33)34)22-14-13-19(3)23(27)17-22/h8-14,17,20,24H,6-7,15-16,18H2,1-5H3,(H,28,32)/t20-,24+/m1/s1. The van der Waals surface area contributed by atoms with Crippen LogP contribution in [-0.2, 0) is 26.0 Å². The van der Waals surface area contributed by atoms with E-state index in [-0.39, 0.29) is 18.5 Å². The highest BCUT2D eigenvalue weighted by molar-refractivity contribution is 7.92. The second-order valence-corrected chi connectivity index (χ2v) is 11.1. The molecule has 192 valence electrons. The summed E-state index contributed by atoms with van der Waals surface area (Å²) in [6.45, 7) is 7.39. The molecule has 35 heavy (non-hydrogen) atoms. The zero-order valence-electron chi connectivity index (χ0n) is 21.1. The van der Waals surface area contributed by atoms with Crippen molar-refractivity contribution < 1.29 is 18.0 Å². The first-order valence-electron chi connectivity index (χ1n) is 11.9. The summed E-state index contributed by atoms with van der Waals surface area (Å²) in [6, 6.07) is 13.8. The van der Waals surface area contributed by atoms with Gasteiger partial charge in [-0.3, -0.25) is 13.9 Å². The molecule has 0 aliphatic heterocycles. The number of anilines is 1. The third kappa shape index (κ3) is 8.25. The molecule has 2 atom stereocenters. The summed E-state index contributed by atoms with van der Waals surface area (Å²) >= 11 is 6.23. The Morgan fingerprint density at radius 3 is 2.26 bits per heavy atom. The third-order valence-corrected chi connectivity index (χ3v) is 7.54. The molecule has 0 aromatic heterocycles. The van der Waals surface area contributed by atoms with Gasteiger partial charge >= 0.3 is 0 Å². The van der Waals surface area contributed by atoms with Crippen LogP contribution >= 0.6 is 11.6 Å². The summed E-state index contributed by atoms with van der Waals surface area (Å²) in [7, 11) is -3.79. The summed E-state index contributed by atoms with van der Waals surface area (Å²) in [4.78, 5) is 28.2. The molecule has 0 radical (unpaired) electrons. The van der Waals surface area contributed by atoms with Crippen molar-refractivity contribution in [1.29, 1.82) is 0 Å². The quantitative estimate of drug-likeness (QED) is 0.454. The first-order chi connectivity index (χ1) is 16.5. The summed E-state index contributed by atoms with van der Waals surface area (Å²) in [6.07, 6.45) is 2.75. The Morgan fingerprint density at radius 2 is 1.71 bits per heavy atom. The van der Waals surface area contributed by atoms with Crippen LogP contribution in [0.4, 0.5) is 5.69 Å². The van der Waals surface area contributed by atoms with Crippen LogP contribution in [0.15, 0.2) is 48.5 Å². The van der Waals surface area contributed by atoms with Crippen molar-refractivity contribution in [1.82, 2.24) is 10.2 Å². The van der Waals surface area contributed by atoms with Gasteiger partial charge in [0.1, 0.15) is 12.6 Å². The Morgan fingerprint density at radius 1 is 1.06 bits per heavy atom. The predicted octanol–water partition coefficient (Wildman–Crippen LogP) is 4.18. The van der Waals surface area contributed by atoms with Gasteiger partial charge in [0.25, 0.3) is 0 Å². The van der Waals surface area contributed by atoms with E-state index in [4.69, 9.17) is 11.6 Å². The molecule has 0 aliphatic rings. The maximum atomic E-state index is 13.6. The summed E-state index contributed by atoms with van der Waals surface area (Å²) in [5.74, 6) is -0.693. The van der Waals surface area contributed by atoms with Crippen molar-refractivity contribution in [2.45, 2.75) is 59.0 Å².